The van der Waals surface area contributed by atoms with Gasteiger partial charge < -0.3 is 5.32 Å². The van der Waals surface area contributed by atoms with Crippen LogP contribution in [0, 0.1) is 5.92 Å². The van der Waals surface area contributed by atoms with Crippen LogP contribution in [0.2, 0.25) is 0 Å². The summed E-state index contributed by atoms with van der Waals surface area (Å²) < 4.78 is 2.20. The summed E-state index contributed by atoms with van der Waals surface area (Å²) in [5.41, 5.74) is 6.91. The van der Waals surface area contributed by atoms with Crippen LogP contribution in [-0.4, -0.2) is 15.9 Å². The molecule has 0 fully saturated rings. The minimum absolute atomic E-state index is 0.0793. The van der Waals surface area contributed by atoms with Crippen LogP contribution in [0.5, 0.6) is 0 Å². The van der Waals surface area contributed by atoms with Crippen molar-refractivity contribution in [2.45, 2.75) is 26.2 Å². The minimum atomic E-state index is -0.0793. The first-order chi connectivity index (χ1) is 15.2. The van der Waals surface area contributed by atoms with E-state index in [-0.39, 0.29) is 5.91 Å². The molecule has 3 heterocycles. The molecule has 5 aromatic rings. The molecule has 6 rings (SSSR count). The van der Waals surface area contributed by atoms with Crippen LogP contribution in [0.25, 0.3) is 31.0 Å². The van der Waals surface area contributed by atoms with Crippen molar-refractivity contribution in [1.29, 1.82) is 0 Å². The van der Waals surface area contributed by atoms with Crippen LogP contribution in [0.1, 0.15) is 34.1 Å². The third-order valence-corrected chi connectivity index (χ3v) is 8.86. The second-order valence-corrected chi connectivity index (χ2v) is 11.1. The summed E-state index contributed by atoms with van der Waals surface area (Å²) in [7, 11) is 0. The number of benzene rings is 2. The molecule has 1 aliphatic rings. The lowest BCUT2D eigenvalue weighted by Gasteiger charge is -2.18. The Bertz CT molecular complexity index is 1410. The van der Waals surface area contributed by atoms with Gasteiger partial charge in [0.15, 0.2) is 0 Å². The number of nitrogens with zero attached hydrogens (tertiary/aromatic N) is 2. The molecule has 0 aliphatic heterocycles. The maximum Gasteiger partial charge on any atom is 0.256 e. The van der Waals surface area contributed by atoms with E-state index in [0.29, 0.717) is 11.5 Å². The van der Waals surface area contributed by atoms with E-state index < -0.39 is 0 Å². The van der Waals surface area contributed by atoms with Crippen LogP contribution in [0.15, 0.2) is 48.0 Å². The molecule has 0 saturated heterocycles. The van der Waals surface area contributed by atoms with Crippen molar-refractivity contribution in [3.05, 3.63) is 64.0 Å². The smallest absolute Gasteiger partial charge is 0.256 e. The highest BCUT2D eigenvalue weighted by atomic mass is 32.1. The third-order valence-electron chi connectivity index (χ3n) is 5.84. The lowest BCUT2D eigenvalue weighted by atomic mass is 9.88. The van der Waals surface area contributed by atoms with Gasteiger partial charge in [-0.1, -0.05) is 19.1 Å². The fraction of sp³-hybridized carbons (Fsp3) is 0.208. The number of rotatable bonds is 3. The second-order valence-electron chi connectivity index (χ2n) is 8.03. The highest BCUT2D eigenvalue weighted by Crippen LogP contribution is 2.47. The first kappa shape index (κ1) is 19.1. The summed E-state index contributed by atoms with van der Waals surface area (Å²) >= 11 is 4.98. The number of thiazole rings is 2. The molecule has 2 aromatic carbocycles. The molecule has 7 heteroatoms. The maximum absolute atomic E-state index is 13.2. The molecule has 1 N–H and O–H groups in total. The van der Waals surface area contributed by atoms with E-state index in [4.69, 9.17) is 4.98 Å². The number of carbonyl (C=O) groups is 1. The Morgan fingerprint density at radius 2 is 2.00 bits per heavy atom. The summed E-state index contributed by atoms with van der Waals surface area (Å²) in [5.74, 6) is 0.593. The Labute approximate surface area is 191 Å². The van der Waals surface area contributed by atoms with E-state index in [1.165, 1.54) is 21.6 Å². The van der Waals surface area contributed by atoms with Crippen LogP contribution in [-0.2, 0) is 12.8 Å². The summed E-state index contributed by atoms with van der Waals surface area (Å²) in [5, 5.41) is 5.15. The van der Waals surface area contributed by atoms with Crippen LogP contribution < -0.4 is 5.32 Å². The van der Waals surface area contributed by atoms with E-state index >= 15 is 0 Å². The molecule has 154 valence electrons. The lowest BCUT2D eigenvalue weighted by Crippen LogP contribution is -2.11. The molecule has 1 unspecified atom stereocenters. The maximum atomic E-state index is 13.2. The van der Waals surface area contributed by atoms with Crippen molar-refractivity contribution in [3.8, 4) is 10.6 Å². The predicted octanol–water partition coefficient (Wildman–Crippen LogP) is 7.01. The summed E-state index contributed by atoms with van der Waals surface area (Å²) in [6.07, 6.45) is 3.29. The Morgan fingerprint density at radius 1 is 1.10 bits per heavy atom. The van der Waals surface area contributed by atoms with Gasteiger partial charge in [-0.2, -0.15) is 0 Å². The number of para-hydroxylation sites is 1. The molecule has 1 amide bonds. The molecule has 1 atom stereocenters. The van der Waals surface area contributed by atoms with E-state index in [2.05, 4.69) is 29.4 Å². The van der Waals surface area contributed by atoms with Crippen molar-refractivity contribution < 1.29 is 4.79 Å². The Morgan fingerprint density at radius 3 is 2.90 bits per heavy atom. The molecule has 0 bridgehead atoms. The molecule has 4 nitrogen and oxygen atoms in total. The summed E-state index contributed by atoms with van der Waals surface area (Å²) in [4.78, 5) is 23.8. The molecular weight excluding hydrogens is 442 g/mol. The lowest BCUT2D eigenvalue weighted by molar-refractivity contribution is 0.102. The van der Waals surface area contributed by atoms with Gasteiger partial charge in [0.1, 0.15) is 10.0 Å². The zero-order valence-electron chi connectivity index (χ0n) is 16.8. The number of amides is 1. The number of hydrogen-bond donors (Lipinski definition) is 1. The van der Waals surface area contributed by atoms with Crippen LogP contribution >= 0.6 is 34.0 Å². The first-order valence-corrected chi connectivity index (χ1v) is 12.8. The van der Waals surface area contributed by atoms with Gasteiger partial charge in [0.25, 0.3) is 5.91 Å². The van der Waals surface area contributed by atoms with E-state index in [1.54, 1.807) is 34.0 Å². The highest BCUT2D eigenvalue weighted by molar-refractivity contribution is 7.23. The first-order valence-electron chi connectivity index (χ1n) is 10.3. The average molecular weight is 462 g/mol. The van der Waals surface area contributed by atoms with Crippen molar-refractivity contribution in [2.75, 3.05) is 5.32 Å². The van der Waals surface area contributed by atoms with Gasteiger partial charge in [-0.15, -0.1) is 34.0 Å². The number of fused-ring (bicyclic) bond motifs is 3. The van der Waals surface area contributed by atoms with Crippen molar-refractivity contribution in [3.63, 3.8) is 0 Å². The number of aromatic nitrogens is 2. The van der Waals surface area contributed by atoms with Gasteiger partial charge >= 0.3 is 0 Å². The number of anilines is 1. The average Bonchev–Trinajstić information content (AvgIpc) is 3.48. The zero-order chi connectivity index (χ0) is 20.9. The van der Waals surface area contributed by atoms with Crippen molar-refractivity contribution in [1.82, 2.24) is 9.97 Å². The number of nitrogens with one attached hydrogen (secondary N) is 1. The molecular formula is C24H19N3OS3. The SMILES string of the molecule is CC1CCc2c(sc(NC(=O)c3ccc4ncsc4c3)c2-c2nc3ccccc3s2)C1. The Hall–Kier alpha value is -2.61. The third kappa shape index (κ3) is 3.37. The molecule has 3 aromatic heterocycles. The number of thiophene rings is 1. The molecule has 0 saturated carbocycles. The summed E-state index contributed by atoms with van der Waals surface area (Å²) in [6.45, 7) is 2.31. The van der Waals surface area contributed by atoms with Gasteiger partial charge in [-0.3, -0.25) is 4.79 Å². The Balaban J connectivity index is 1.43. The Kier molecular flexibility index (Phi) is 4.63. The minimum Gasteiger partial charge on any atom is -0.313 e. The number of carbonyl (C=O) groups excluding carboxylic acids is 1. The molecule has 0 radical (unpaired) electrons. The molecule has 0 spiro atoms. The number of hydrogen-bond acceptors (Lipinski definition) is 6. The quantitative estimate of drug-likeness (QED) is 0.314. The second kappa shape index (κ2) is 7.51. The van der Waals surface area contributed by atoms with E-state index in [9.17, 15) is 4.79 Å². The van der Waals surface area contributed by atoms with Crippen LogP contribution in [0.4, 0.5) is 5.00 Å². The standard InChI is InChI=1S/C24H19N3OS3/c1-13-6-8-15-19(10-13)31-24(21(15)23-26-17-4-2-3-5-18(17)30-23)27-22(28)14-7-9-16-20(11-14)29-12-25-16/h2-5,7,9,11-13H,6,8,10H2,1H3,(H,27,28). The van der Waals surface area contributed by atoms with Gasteiger partial charge in [-0.25, -0.2) is 9.97 Å². The van der Waals surface area contributed by atoms with Crippen molar-refractivity contribution in [2.24, 2.45) is 5.92 Å². The fourth-order valence-corrected chi connectivity index (χ4v) is 7.45. The predicted molar refractivity (Wildman–Crippen MR) is 132 cm³/mol. The molecule has 31 heavy (non-hydrogen) atoms. The highest BCUT2D eigenvalue weighted by Gasteiger charge is 2.27. The fourth-order valence-electron chi connectivity index (χ4n) is 4.22. The van der Waals surface area contributed by atoms with E-state index in [1.807, 2.05) is 35.8 Å². The van der Waals surface area contributed by atoms with Gasteiger partial charge in [0, 0.05) is 16.0 Å². The van der Waals surface area contributed by atoms with Gasteiger partial charge in [0.05, 0.1) is 25.9 Å². The van der Waals surface area contributed by atoms with Crippen LogP contribution in [0.3, 0.4) is 0 Å². The topological polar surface area (TPSA) is 54.9 Å². The monoisotopic (exact) mass is 461 g/mol. The molecule has 1 aliphatic carbocycles. The normalized spacial score (nSPS) is 16.0. The summed E-state index contributed by atoms with van der Waals surface area (Å²) in [6, 6.07) is 13.9. The van der Waals surface area contributed by atoms with Crippen molar-refractivity contribution >= 4 is 65.4 Å². The van der Waals surface area contributed by atoms with E-state index in [0.717, 1.165) is 44.1 Å². The van der Waals surface area contributed by atoms with Gasteiger partial charge in [0.2, 0.25) is 0 Å². The largest absolute Gasteiger partial charge is 0.313 e. The zero-order valence-corrected chi connectivity index (χ0v) is 19.3. The van der Waals surface area contributed by atoms with Gasteiger partial charge in [-0.05, 0) is 61.1 Å².